The molecule has 2 heteroatoms. The molecule has 1 heterocycles. The summed E-state index contributed by atoms with van der Waals surface area (Å²) in [5.74, 6) is 0.762. The third kappa shape index (κ3) is 5.87. The van der Waals surface area contributed by atoms with Crippen LogP contribution in [0.5, 0.6) is 0 Å². The number of hydrogen-bond acceptors (Lipinski definition) is 2. The van der Waals surface area contributed by atoms with Gasteiger partial charge in [-0.3, -0.25) is 0 Å². The van der Waals surface area contributed by atoms with Crippen LogP contribution in [0.3, 0.4) is 0 Å². The van der Waals surface area contributed by atoms with E-state index < -0.39 is 0 Å². The Morgan fingerprint density at radius 2 is 2.12 bits per heavy atom. The van der Waals surface area contributed by atoms with Crippen molar-refractivity contribution in [3.63, 3.8) is 0 Å². The average molecular weight is 241 g/mol. The Bertz CT molecular complexity index is 192. The van der Waals surface area contributed by atoms with Gasteiger partial charge in [0.2, 0.25) is 0 Å². The molecule has 2 unspecified atom stereocenters. The van der Waals surface area contributed by atoms with Gasteiger partial charge in [0, 0.05) is 6.61 Å². The predicted molar refractivity (Wildman–Crippen MR) is 74.3 cm³/mol. The molecule has 1 saturated heterocycles. The van der Waals surface area contributed by atoms with E-state index in [2.05, 4.69) is 33.0 Å². The largest absolute Gasteiger partial charge is 0.378 e. The van der Waals surface area contributed by atoms with Crippen molar-refractivity contribution in [3.05, 3.63) is 0 Å². The van der Waals surface area contributed by atoms with E-state index in [1.165, 1.54) is 32.1 Å². The molecule has 17 heavy (non-hydrogen) atoms. The predicted octanol–water partition coefficient (Wildman–Crippen LogP) is 3.61. The van der Waals surface area contributed by atoms with Crippen molar-refractivity contribution in [3.8, 4) is 0 Å². The molecule has 0 amide bonds. The summed E-state index contributed by atoms with van der Waals surface area (Å²) in [5, 5.41) is 3.58. The molecule has 1 fully saturated rings. The number of hydrogen-bond donors (Lipinski definition) is 1. The topological polar surface area (TPSA) is 21.3 Å². The first kappa shape index (κ1) is 15.0. The average Bonchev–Trinajstić information content (AvgIpc) is 2.74. The summed E-state index contributed by atoms with van der Waals surface area (Å²) >= 11 is 0. The van der Waals surface area contributed by atoms with Gasteiger partial charge >= 0.3 is 0 Å². The standard InChI is InChI=1S/C15H31NO/c1-5-10-16-12-13(15(2,3)4)8-9-14-7-6-11-17-14/h13-14,16H,5-12H2,1-4H3. The van der Waals surface area contributed by atoms with E-state index in [0.717, 1.165) is 25.6 Å². The minimum Gasteiger partial charge on any atom is -0.378 e. The maximum absolute atomic E-state index is 5.72. The van der Waals surface area contributed by atoms with Gasteiger partial charge in [-0.1, -0.05) is 27.7 Å². The molecule has 0 aromatic rings. The molecule has 2 nitrogen and oxygen atoms in total. The Kier molecular flexibility index (Phi) is 6.50. The lowest BCUT2D eigenvalue weighted by atomic mass is 9.77. The van der Waals surface area contributed by atoms with E-state index in [1.54, 1.807) is 0 Å². The van der Waals surface area contributed by atoms with Crippen molar-refractivity contribution in [2.24, 2.45) is 11.3 Å². The summed E-state index contributed by atoms with van der Waals surface area (Å²) in [6, 6.07) is 0. The van der Waals surface area contributed by atoms with Crippen molar-refractivity contribution >= 4 is 0 Å². The molecule has 1 rings (SSSR count). The molecule has 0 bridgehead atoms. The molecule has 1 aliphatic rings. The van der Waals surface area contributed by atoms with Crippen LogP contribution < -0.4 is 5.32 Å². The summed E-state index contributed by atoms with van der Waals surface area (Å²) in [5.41, 5.74) is 0.402. The molecular weight excluding hydrogens is 210 g/mol. The van der Waals surface area contributed by atoms with Crippen LogP contribution in [-0.4, -0.2) is 25.8 Å². The van der Waals surface area contributed by atoms with Crippen LogP contribution in [0.25, 0.3) is 0 Å². The second-order valence-corrected chi connectivity index (χ2v) is 6.48. The lowest BCUT2D eigenvalue weighted by Crippen LogP contribution is -2.33. The third-order valence-electron chi connectivity index (χ3n) is 3.90. The van der Waals surface area contributed by atoms with Crippen LogP contribution in [0.15, 0.2) is 0 Å². The van der Waals surface area contributed by atoms with Crippen LogP contribution in [-0.2, 0) is 4.74 Å². The van der Waals surface area contributed by atoms with Gasteiger partial charge in [0.15, 0.2) is 0 Å². The zero-order valence-electron chi connectivity index (χ0n) is 12.2. The smallest absolute Gasteiger partial charge is 0.0576 e. The molecule has 102 valence electrons. The minimum atomic E-state index is 0.402. The fourth-order valence-corrected chi connectivity index (χ4v) is 2.55. The van der Waals surface area contributed by atoms with Gasteiger partial charge in [0.05, 0.1) is 6.10 Å². The summed E-state index contributed by atoms with van der Waals surface area (Å²) in [4.78, 5) is 0. The van der Waals surface area contributed by atoms with Crippen LogP contribution >= 0.6 is 0 Å². The van der Waals surface area contributed by atoms with Crippen LogP contribution in [0.4, 0.5) is 0 Å². The first-order chi connectivity index (χ1) is 8.04. The first-order valence-electron chi connectivity index (χ1n) is 7.36. The minimum absolute atomic E-state index is 0.402. The quantitative estimate of drug-likeness (QED) is 0.688. The molecule has 0 radical (unpaired) electrons. The third-order valence-corrected chi connectivity index (χ3v) is 3.90. The van der Waals surface area contributed by atoms with E-state index in [0.29, 0.717) is 11.5 Å². The van der Waals surface area contributed by atoms with Gasteiger partial charge in [-0.05, 0) is 56.5 Å². The molecule has 0 aliphatic carbocycles. The van der Waals surface area contributed by atoms with Gasteiger partial charge in [-0.15, -0.1) is 0 Å². The highest BCUT2D eigenvalue weighted by atomic mass is 16.5. The Balaban J connectivity index is 2.29. The molecule has 1 N–H and O–H groups in total. The Labute approximate surface area is 108 Å². The number of rotatable bonds is 7. The number of nitrogens with one attached hydrogen (secondary N) is 1. The molecule has 0 aromatic carbocycles. The van der Waals surface area contributed by atoms with Crippen LogP contribution in [0.2, 0.25) is 0 Å². The lowest BCUT2D eigenvalue weighted by molar-refractivity contribution is 0.0890. The van der Waals surface area contributed by atoms with Gasteiger partial charge in [0.25, 0.3) is 0 Å². The van der Waals surface area contributed by atoms with Crippen molar-refractivity contribution in [2.45, 2.75) is 65.9 Å². The van der Waals surface area contributed by atoms with Gasteiger partial charge in [-0.2, -0.15) is 0 Å². The number of ether oxygens (including phenoxy) is 1. The van der Waals surface area contributed by atoms with E-state index in [-0.39, 0.29) is 0 Å². The van der Waals surface area contributed by atoms with Crippen molar-refractivity contribution < 1.29 is 4.74 Å². The SMILES string of the molecule is CCCNCC(CCC1CCCO1)C(C)(C)C. The van der Waals surface area contributed by atoms with E-state index in [9.17, 15) is 0 Å². The molecule has 0 aromatic heterocycles. The second kappa shape index (κ2) is 7.38. The molecule has 0 saturated carbocycles. The second-order valence-electron chi connectivity index (χ2n) is 6.48. The fourth-order valence-electron chi connectivity index (χ4n) is 2.55. The highest BCUT2D eigenvalue weighted by Crippen LogP contribution is 2.31. The Morgan fingerprint density at radius 1 is 1.35 bits per heavy atom. The molecule has 2 atom stereocenters. The molecule has 1 aliphatic heterocycles. The van der Waals surface area contributed by atoms with Gasteiger partial charge < -0.3 is 10.1 Å². The van der Waals surface area contributed by atoms with Crippen LogP contribution in [0, 0.1) is 11.3 Å². The van der Waals surface area contributed by atoms with Crippen molar-refractivity contribution in [2.75, 3.05) is 19.7 Å². The van der Waals surface area contributed by atoms with E-state index in [4.69, 9.17) is 4.74 Å². The molecule has 0 spiro atoms. The highest BCUT2D eigenvalue weighted by molar-refractivity contribution is 4.78. The van der Waals surface area contributed by atoms with Crippen molar-refractivity contribution in [1.29, 1.82) is 0 Å². The van der Waals surface area contributed by atoms with E-state index >= 15 is 0 Å². The summed E-state index contributed by atoms with van der Waals surface area (Å²) < 4.78 is 5.72. The first-order valence-corrected chi connectivity index (χ1v) is 7.36. The summed E-state index contributed by atoms with van der Waals surface area (Å²) in [6.45, 7) is 12.6. The van der Waals surface area contributed by atoms with E-state index in [1.807, 2.05) is 0 Å². The highest BCUT2D eigenvalue weighted by Gasteiger charge is 2.26. The fraction of sp³-hybridized carbons (Fsp3) is 1.00. The summed E-state index contributed by atoms with van der Waals surface area (Å²) in [7, 11) is 0. The normalized spacial score (nSPS) is 22.9. The maximum atomic E-state index is 5.72. The monoisotopic (exact) mass is 241 g/mol. The lowest BCUT2D eigenvalue weighted by Gasteiger charge is -2.31. The zero-order valence-corrected chi connectivity index (χ0v) is 12.2. The van der Waals surface area contributed by atoms with Gasteiger partial charge in [0.1, 0.15) is 0 Å². The van der Waals surface area contributed by atoms with Crippen LogP contribution in [0.1, 0.15) is 59.8 Å². The Hall–Kier alpha value is -0.0800. The Morgan fingerprint density at radius 3 is 2.65 bits per heavy atom. The van der Waals surface area contributed by atoms with Gasteiger partial charge in [-0.25, -0.2) is 0 Å². The summed E-state index contributed by atoms with van der Waals surface area (Å²) in [6.07, 6.45) is 6.85. The maximum Gasteiger partial charge on any atom is 0.0576 e. The van der Waals surface area contributed by atoms with Crippen molar-refractivity contribution in [1.82, 2.24) is 5.32 Å². The molecular formula is C15H31NO. The zero-order chi connectivity index (χ0) is 12.7.